The molecule has 0 saturated carbocycles. The minimum atomic E-state index is -0.235. The van der Waals surface area contributed by atoms with Gasteiger partial charge in [0.05, 0.1) is 12.2 Å². The second-order valence-electron chi connectivity index (χ2n) is 6.65. The van der Waals surface area contributed by atoms with Crippen LogP contribution in [-0.2, 0) is 4.79 Å². The van der Waals surface area contributed by atoms with Gasteiger partial charge in [-0.2, -0.15) is 0 Å². The van der Waals surface area contributed by atoms with Gasteiger partial charge in [-0.05, 0) is 79.3 Å². The first-order valence-electron chi connectivity index (χ1n) is 8.51. The van der Waals surface area contributed by atoms with Crippen LogP contribution in [0.15, 0.2) is 48.5 Å². The molecular weight excluding hydrogens is 441 g/mol. The number of carbonyl (C=O) groups is 2. The van der Waals surface area contributed by atoms with E-state index < -0.39 is 0 Å². The van der Waals surface area contributed by atoms with Crippen molar-refractivity contribution in [3.8, 4) is 0 Å². The third-order valence-electron chi connectivity index (χ3n) is 4.08. The van der Waals surface area contributed by atoms with Gasteiger partial charge in [-0.25, -0.2) is 0 Å². The Bertz CT molecular complexity index is 773. The van der Waals surface area contributed by atoms with E-state index in [4.69, 9.17) is 0 Å². The molecular formula is C20H24IN3O2. The summed E-state index contributed by atoms with van der Waals surface area (Å²) in [4.78, 5) is 24.3. The lowest BCUT2D eigenvalue weighted by Gasteiger charge is -2.24. The lowest BCUT2D eigenvalue weighted by Crippen LogP contribution is -2.42. The summed E-state index contributed by atoms with van der Waals surface area (Å²) < 4.78 is 0.990. The zero-order valence-electron chi connectivity index (χ0n) is 15.2. The van der Waals surface area contributed by atoms with Crippen molar-refractivity contribution in [3.05, 3.63) is 57.7 Å². The maximum Gasteiger partial charge on any atom is 0.251 e. The first-order valence-corrected chi connectivity index (χ1v) is 9.59. The molecule has 2 rings (SSSR count). The summed E-state index contributed by atoms with van der Waals surface area (Å²) in [6.07, 6.45) is 0.855. The molecule has 0 aliphatic rings. The Hall–Kier alpha value is -2.09. The van der Waals surface area contributed by atoms with Gasteiger partial charge in [0.15, 0.2) is 0 Å². The van der Waals surface area contributed by atoms with E-state index in [9.17, 15) is 9.59 Å². The second-order valence-corrected chi connectivity index (χ2v) is 7.81. The number of rotatable bonds is 7. The highest BCUT2D eigenvalue weighted by Crippen LogP contribution is 2.17. The topological polar surface area (TPSA) is 70.2 Å². The van der Waals surface area contributed by atoms with Crippen molar-refractivity contribution in [1.82, 2.24) is 5.32 Å². The molecule has 0 aliphatic heterocycles. The van der Waals surface area contributed by atoms with Crippen LogP contribution in [0.25, 0.3) is 0 Å². The van der Waals surface area contributed by atoms with Gasteiger partial charge >= 0.3 is 0 Å². The molecule has 2 aromatic carbocycles. The number of para-hydroxylation sites is 1. The van der Waals surface area contributed by atoms with Crippen molar-refractivity contribution in [3.63, 3.8) is 0 Å². The van der Waals surface area contributed by atoms with Crippen molar-refractivity contribution in [2.75, 3.05) is 17.2 Å². The van der Waals surface area contributed by atoms with Crippen LogP contribution in [0.2, 0.25) is 0 Å². The normalized spacial score (nSPS) is 10.9. The number of halogens is 1. The smallest absolute Gasteiger partial charge is 0.251 e. The van der Waals surface area contributed by atoms with Gasteiger partial charge in [-0.3, -0.25) is 9.59 Å². The van der Waals surface area contributed by atoms with Gasteiger partial charge in [0.1, 0.15) is 0 Å². The Kier molecular flexibility index (Phi) is 7.02. The minimum absolute atomic E-state index is 0.0974. The molecule has 0 fully saturated rings. The quantitative estimate of drug-likeness (QED) is 0.536. The molecule has 3 N–H and O–H groups in total. The van der Waals surface area contributed by atoms with Gasteiger partial charge in [-0.15, -0.1) is 0 Å². The molecule has 138 valence electrons. The molecule has 0 saturated heterocycles. The van der Waals surface area contributed by atoms with Crippen molar-refractivity contribution < 1.29 is 9.59 Å². The third-order valence-corrected chi connectivity index (χ3v) is 5.02. The van der Waals surface area contributed by atoms with Gasteiger partial charge < -0.3 is 16.0 Å². The van der Waals surface area contributed by atoms with E-state index in [1.807, 2.05) is 45.0 Å². The number of nitrogens with one attached hydrogen (secondary N) is 3. The summed E-state index contributed by atoms with van der Waals surface area (Å²) in [6.45, 7) is 6.18. The maximum atomic E-state index is 12.2. The van der Waals surface area contributed by atoms with E-state index in [2.05, 4.69) is 38.5 Å². The number of amides is 2. The van der Waals surface area contributed by atoms with Crippen molar-refractivity contribution >= 4 is 45.8 Å². The average molecular weight is 465 g/mol. The molecule has 0 atom stereocenters. The number of hydrogen-bond acceptors (Lipinski definition) is 3. The molecule has 6 heteroatoms. The van der Waals surface area contributed by atoms with Crippen LogP contribution >= 0.6 is 22.6 Å². The lowest BCUT2D eigenvalue weighted by atomic mass is 10.0. The van der Waals surface area contributed by atoms with E-state index in [0.717, 1.165) is 21.4 Å². The zero-order chi connectivity index (χ0) is 19.2. The fourth-order valence-corrected chi connectivity index (χ4v) is 2.67. The van der Waals surface area contributed by atoms with Gasteiger partial charge in [0, 0.05) is 20.4 Å². The Labute approximate surface area is 168 Å². The SMILES string of the molecule is CCC(C)(C)NC(=O)c1ccc(NCC(=O)Nc2ccccc2I)cc1. The summed E-state index contributed by atoms with van der Waals surface area (Å²) in [5.74, 6) is -0.222. The predicted octanol–water partition coefficient (Wildman–Crippen LogP) is 4.26. The van der Waals surface area contributed by atoms with E-state index in [0.29, 0.717) is 5.56 Å². The van der Waals surface area contributed by atoms with Gasteiger partial charge in [-0.1, -0.05) is 19.1 Å². The van der Waals surface area contributed by atoms with Crippen molar-refractivity contribution in [2.45, 2.75) is 32.7 Å². The summed E-state index contributed by atoms with van der Waals surface area (Å²) in [5.41, 5.74) is 1.95. The van der Waals surface area contributed by atoms with Crippen LogP contribution < -0.4 is 16.0 Å². The molecule has 2 amide bonds. The van der Waals surface area contributed by atoms with Crippen molar-refractivity contribution in [1.29, 1.82) is 0 Å². The number of carbonyl (C=O) groups excluding carboxylic acids is 2. The van der Waals surface area contributed by atoms with Crippen LogP contribution in [0.5, 0.6) is 0 Å². The highest BCUT2D eigenvalue weighted by atomic mass is 127. The molecule has 0 unspecified atom stereocenters. The second kappa shape index (κ2) is 9.02. The highest BCUT2D eigenvalue weighted by Gasteiger charge is 2.18. The average Bonchev–Trinajstić information content (AvgIpc) is 2.62. The van der Waals surface area contributed by atoms with Gasteiger partial charge in [0.2, 0.25) is 5.91 Å². The molecule has 0 aromatic heterocycles. The largest absolute Gasteiger partial charge is 0.376 e. The summed E-state index contributed by atoms with van der Waals surface area (Å²) >= 11 is 2.18. The standard InChI is InChI=1S/C20H24IN3O2/c1-4-20(2,3)24-19(26)14-9-11-15(12-10-14)22-13-18(25)23-17-8-6-5-7-16(17)21/h5-12,22H,4,13H2,1-3H3,(H,23,25)(H,24,26). The van der Waals surface area contributed by atoms with Crippen LogP contribution in [0.1, 0.15) is 37.6 Å². The summed E-state index contributed by atoms with van der Waals surface area (Å²) in [7, 11) is 0. The molecule has 2 aromatic rings. The lowest BCUT2D eigenvalue weighted by molar-refractivity contribution is -0.114. The molecule has 0 bridgehead atoms. The fourth-order valence-electron chi connectivity index (χ4n) is 2.15. The molecule has 5 nitrogen and oxygen atoms in total. The Balaban J connectivity index is 1.88. The first kappa shape index (κ1) is 20.2. The monoisotopic (exact) mass is 465 g/mol. The Morgan fingerprint density at radius 3 is 2.31 bits per heavy atom. The number of hydrogen-bond donors (Lipinski definition) is 3. The van der Waals surface area contributed by atoms with Crippen LogP contribution in [0, 0.1) is 3.57 Å². The van der Waals surface area contributed by atoms with E-state index >= 15 is 0 Å². The number of benzene rings is 2. The zero-order valence-corrected chi connectivity index (χ0v) is 17.4. The van der Waals surface area contributed by atoms with Crippen LogP contribution in [-0.4, -0.2) is 23.9 Å². The van der Waals surface area contributed by atoms with Gasteiger partial charge in [0.25, 0.3) is 5.91 Å². The minimum Gasteiger partial charge on any atom is -0.376 e. The molecule has 0 aliphatic carbocycles. The third kappa shape index (κ3) is 6.01. The maximum absolute atomic E-state index is 12.2. The van der Waals surface area contributed by atoms with Crippen LogP contribution in [0.3, 0.4) is 0 Å². The fraction of sp³-hybridized carbons (Fsp3) is 0.300. The molecule has 0 heterocycles. The molecule has 0 radical (unpaired) electrons. The predicted molar refractivity (Wildman–Crippen MR) is 115 cm³/mol. The Morgan fingerprint density at radius 2 is 1.69 bits per heavy atom. The molecule has 0 spiro atoms. The first-order chi connectivity index (χ1) is 12.3. The molecule has 26 heavy (non-hydrogen) atoms. The van der Waals surface area contributed by atoms with E-state index in [1.54, 1.807) is 24.3 Å². The Morgan fingerprint density at radius 1 is 1.04 bits per heavy atom. The summed E-state index contributed by atoms with van der Waals surface area (Å²) in [5, 5.41) is 8.93. The number of anilines is 2. The summed E-state index contributed by atoms with van der Waals surface area (Å²) in [6, 6.07) is 14.7. The highest BCUT2D eigenvalue weighted by molar-refractivity contribution is 14.1. The van der Waals surface area contributed by atoms with E-state index in [1.165, 1.54) is 0 Å². The van der Waals surface area contributed by atoms with Crippen molar-refractivity contribution in [2.24, 2.45) is 0 Å². The van der Waals surface area contributed by atoms with Crippen LogP contribution in [0.4, 0.5) is 11.4 Å². The van der Waals surface area contributed by atoms with E-state index in [-0.39, 0.29) is 23.9 Å².